The van der Waals surface area contributed by atoms with Gasteiger partial charge in [0.25, 0.3) is 0 Å². The van der Waals surface area contributed by atoms with Gasteiger partial charge in [0.15, 0.2) is 0 Å². The Hall–Kier alpha value is -1.82. The number of carboxylic acids is 1. The van der Waals surface area contributed by atoms with Crippen LogP contribution in [0.2, 0.25) is 0 Å². The Morgan fingerprint density at radius 1 is 1.58 bits per heavy atom. The number of amides is 1. The van der Waals surface area contributed by atoms with E-state index in [1.807, 2.05) is 0 Å². The second kappa shape index (κ2) is 5.88. The van der Waals surface area contributed by atoms with Gasteiger partial charge in [0.2, 0.25) is 5.91 Å². The van der Waals surface area contributed by atoms with Gasteiger partial charge in [-0.1, -0.05) is 0 Å². The van der Waals surface area contributed by atoms with Crippen molar-refractivity contribution < 1.29 is 19.4 Å². The fourth-order valence-corrected chi connectivity index (χ4v) is 2.28. The van der Waals surface area contributed by atoms with Gasteiger partial charge in [-0.15, -0.1) is 0 Å². The molecule has 0 spiro atoms. The highest BCUT2D eigenvalue weighted by Crippen LogP contribution is 2.20. The number of carbonyl (C=O) groups excluding carboxylic acids is 1. The number of ether oxygens (including phenoxy) is 1. The summed E-state index contributed by atoms with van der Waals surface area (Å²) in [5.41, 5.74) is 0.967. The highest BCUT2D eigenvalue weighted by atomic mass is 16.5. The molecule has 104 valence electrons. The van der Waals surface area contributed by atoms with Crippen molar-refractivity contribution in [2.45, 2.75) is 38.7 Å². The van der Waals surface area contributed by atoms with Gasteiger partial charge in [-0.3, -0.25) is 4.79 Å². The number of rotatable bonds is 5. The molecule has 1 atom stereocenters. The highest BCUT2D eigenvalue weighted by molar-refractivity contribution is 6.01. The first-order valence-corrected chi connectivity index (χ1v) is 6.40. The quantitative estimate of drug-likeness (QED) is 0.759. The molecule has 1 aliphatic heterocycles. The molecule has 0 aromatic carbocycles. The van der Waals surface area contributed by atoms with Gasteiger partial charge in [0.1, 0.15) is 5.56 Å². The van der Waals surface area contributed by atoms with Crippen molar-refractivity contribution in [2.75, 3.05) is 11.9 Å². The van der Waals surface area contributed by atoms with Crippen LogP contribution in [-0.4, -0.2) is 34.7 Å². The summed E-state index contributed by atoms with van der Waals surface area (Å²) in [6, 6.07) is 0. The van der Waals surface area contributed by atoms with Crippen molar-refractivity contribution in [3.05, 3.63) is 17.5 Å². The van der Waals surface area contributed by atoms with E-state index in [9.17, 15) is 9.59 Å². The molecule has 1 fully saturated rings. The lowest BCUT2D eigenvalue weighted by molar-refractivity contribution is -0.116. The van der Waals surface area contributed by atoms with Crippen molar-refractivity contribution in [3.8, 4) is 0 Å². The molecule has 0 saturated carbocycles. The van der Waals surface area contributed by atoms with Gasteiger partial charge in [-0.2, -0.15) is 0 Å². The third kappa shape index (κ3) is 3.35. The van der Waals surface area contributed by atoms with E-state index in [4.69, 9.17) is 9.84 Å². The molecule has 2 rings (SSSR count). The lowest BCUT2D eigenvalue weighted by atomic mass is 10.1. The number of aromatic nitrogens is 1. The summed E-state index contributed by atoms with van der Waals surface area (Å²) in [4.78, 5) is 25.6. The Labute approximate surface area is 111 Å². The number of aromatic amines is 1. The molecule has 1 amide bonds. The number of hydrogen-bond donors (Lipinski definition) is 3. The van der Waals surface area contributed by atoms with Gasteiger partial charge in [0.05, 0.1) is 11.8 Å². The van der Waals surface area contributed by atoms with Gasteiger partial charge >= 0.3 is 5.97 Å². The summed E-state index contributed by atoms with van der Waals surface area (Å²) in [6.07, 6.45) is 4.73. The first kappa shape index (κ1) is 13.6. The number of aryl methyl sites for hydroxylation is 1. The van der Waals surface area contributed by atoms with Gasteiger partial charge in [-0.25, -0.2) is 4.79 Å². The number of carbonyl (C=O) groups is 2. The van der Waals surface area contributed by atoms with Crippen LogP contribution in [0.1, 0.15) is 41.7 Å². The van der Waals surface area contributed by atoms with E-state index in [1.165, 1.54) is 6.20 Å². The molecule has 1 aromatic rings. The minimum Gasteiger partial charge on any atom is -0.478 e. The summed E-state index contributed by atoms with van der Waals surface area (Å²) in [5, 5.41) is 11.7. The second-order valence-corrected chi connectivity index (χ2v) is 4.73. The van der Waals surface area contributed by atoms with E-state index < -0.39 is 5.97 Å². The first-order chi connectivity index (χ1) is 9.08. The molecule has 0 bridgehead atoms. The molecule has 1 unspecified atom stereocenters. The van der Waals surface area contributed by atoms with Crippen LogP contribution in [0, 0.1) is 6.92 Å². The first-order valence-electron chi connectivity index (χ1n) is 6.40. The zero-order valence-electron chi connectivity index (χ0n) is 10.9. The molecular weight excluding hydrogens is 248 g/mol. The summed E-state index contributed by atoms with van der Waals surface area (Å²) >= 11 is 0. The molecule has 6 heteroatoms. The smallest absolute Gasteiger partial charge is 0.339 e. The van der Waals surface area contributed by atoms with E-state index in [0.717, 1.165) is 19.4 Å². The van der Waals surface area contributed by atoms with E-state index >= 15 is 0 Å². The molecule has 0 radical (unpaired) electrons. The Morgan fingerprint density at radius 2 is 2.37 bits per heavy atom. The zero-order valence-corrected chi connectivity index (χ0v) is 10.9. The fourth-order valence-electron chi connectivity index (χ4n) is 2.28. The van der Waals surface area contributed by atoms with Crippen LogP contribution in [0.3, 0.4) is 0 Å². The van der Waals surface area contributed by atoms with Gasteiger partial charge in [0, 0.05) is 24.9 Å². The lowest BCUT2D eigenvalue weighted by Gasteiger charge is -2.09. The van der Waals surface area contributed by atoms with Crippen LogP contribution in [0.4, 0.5) is 5.69 Å². The number of nitrogens with one attached hydrogen (secondary N) is 2. The maximum Gasteiger partial charge on any atom is 0.339 e. The molecule has 1 saturated heterocycles. The van der Waals surface area contributed by atoms with Crippen LogP contribution in [0.25, 0.3) is 0 Å². The Kier molecular flexibility index (Phi) is 4.21. The second-order valence-electron chi connectivity index (χ2n) is 4.73. The molecule has 6 nitrogen and oxygen atoms in total. The summed E-state index contributed by atoms with van der Waals surface area (Å²) in [7, 11) is 0. The summed E-state index contributed by atoms with van der Waals surface area (Å²) < 4.78 is 5.44. The molecule has 0 aliphatic carbocycles. The number of anilines is 1. The average molecular weight is 266 g/mol. The predicted molar refractivity (Wildman–Crippen MR) is 69.3 cm³/mol. The third-order valence-corrected chi connectivity index (χ3v) is 3.28. The standard InChI is InChI=1S/C13H18N2O4/c1-8-12(13(17)18)10(7-14-8)15-11(16)5-4-9-3-2-6-19-9/h7,9,14H,2-6H2,1H3,(H,15,16)(H,17,18). The number of hydrogen-bond acceptors (Lipinski definition) is 3. The molecule has 1 aliphatic rings. The fraction of sp³-hybridized carbons (Fsp3) is 0.538. The van der Waals surface area contributed by atoms with E-state index in [0.29, 0.717) is 24.2 Å². The third-order valence-electron chi connectivity index (χ3n) is 3.28. The number of aromatic carboxylic acids is 1. The van der Waals surface area contributed by atoms with E-state index in [-0.39, 0.29) is 17.6 Å². The summed E-state index contributed by atoms with van der Waals surface area (Å²) in [6.45, 7) is 2.43. The molecule has 2 heterocycles. The number of carboxylic acid groups (broad SMARTS) is 1. The van der Waals surface area contributed by atoms with Crippen molar-refractivity contribution in [1.82, 2.24) is 4.98 Å². The van der Waals surface area contributed by atoms with E-state index in [1.54, 1.807) is 6.92 Å². The van der Waals surface area contributed by atoms with Crippen LogP contribution in [0.5, 0.6) is 0 Å². The largest absolute Gasteiger partial charge is 0.478 e. The average Bonchev–Trinajstić information content (AvgIpc) is 2.96. The van der Waals surface area contributed by atoms with Crippen molar-refractivity contribution in [1.29, 1.82) is 0 Å². The lowest BCUT2D eigenvalue weighted by Crippen LogP contribution is -2.16. The minimum atomic E-state index is -1.05. The Bertz CT molecular complexity index is 475. The SMILES string of the molecule is Cc1[nH]cc(NC(=O)CCC2CCCO2)c1C(=O)O. The predicted octanol–water partition coefficient (Wildman–Crippen LogP) is 1.92. The Balaban J connectivity index is 1.89. The number of H-pyrrole nitrogens is 1. The van der Waals surface area contributed by atoms with Crippen molar-refractivity contribution >= 4 is 17.6 Å². The van der Waals surface area contributed by atoms with E-state index in [2.05, 4.69) is 10.3 Å². The minimum absolute atomic E-state index is 0.116. The van der Waals surface area contributed by atoms with Crippen LogP contribution in [-0.2, 0) is 9.53 Å². The summed E-state index contributed by atoms with van der Waals surface area (Å²) in [5.74, 6) is -1.23. The molecular formula is C13H18N2O4. The van der Waals surface area contributed by atoms with Gasteiger partial charge < -0.3 is 20.1 Å². The topological polar surface area (TPSA) is 91.4 Å². The molecule has 1 aromatic heterocycles. The van der Waals surface area contributed by atoms with Crippen LogP contribution in [0.15, 0.2) is 6.20 Å². The maximum atomic E-state index is 11.8. The molecule has 3 N–H and O–H groups in total. The normalized spacial score (nSPS) is 18.5. The zero-order chi connectivity index (χ0) is 13.8. The monoisotopic (exact) mass is 266 g/mol. The highest BCUT2D eigenvalue weighted by Gasteiger charge is 2.19. The van der Waals surface area contributed by atoms with Gasteiger partial charge in [-0.05, 0) is 26.2 Å². The van der Waals surface area contributed by atoms with Crippen molar-refractivity contribution in [2.24, 2.45) is 0 Å². The van der Waals surface area contributed by atoms with Crippen LogP contribution >= 0.6 is 0 Å². The van der Waals surface area contributed by atoms with Crippen LogP contribution < -0.4 is 5.32 Å². The Morgan fingerprint density at radius 3 is 3.00 bits per heavy atom. The van der Waals surface area contributed by atoms with Crippen molar-refractivity contribution in [3.63, 3.8) is 0 Å². The maximum absolute atomic E-state index is 11.8. The molecule has 19 heavy (non-hydrogen) atoms.